The molecule has 0 spiro atoms. The average molecular weight is 409 g/mol. The molecule has 0 aliphatic rings. The molecule has 2 heterocycles. The molecule has 1 N–H and O–H groups in total. The lowest BCUT2D eigenvalue weighted by molar-refractivity contribution is -0.137. The van der Waals surface area contributed by atoms with Crippen molar-refractivity contribution >= 4 is 45.1 Å². The standard InChI is InChI=1S/C21H17ClN4O3/c1-25(2)20-16(22)6-5-15-19(20)26(11-18(27)28)17-9-12(3-4-14(17)21(15)29)13-7-8-23-24-10-13/h3-10H,11H2,1-2H3,(H,27,28). The molecule has 8 heteroatoms. The Labute approximate surface area is 170 Å². The minimum absolute atomic E-state index is 0.171. The molecule has 0 atom stereocenters. The van der Waals surface area contributed by atoms with Crippen LogP contribution in [0.25, 0.3) is 32.9 Å². The fraction of sp³-hybridized carbons (Fsp3) is 0.143. The summed E-state index contributed by atoms with van der Waals surface area (Å²) in [5.41, 5.74) is 3.06. The van der Waals surface area contributed by atoms with Crippen molar-refractivity contribution in [2.75, 3.05) is 19.0 Å². The molecule has 0 unspecified atom stereocenters. The third-order valence-electron chi connectivity index (χ3n) is 4.81. The van der Waals surface area contributed by atoms with Gasteiger partial charge in [0.1, 0.15) is 6.54 Å². The minimum Gasteiger partial charge on any atom is -0.480 e. The van der Waals surface area contributed by atoms with Crippen molar-refractivity contribution < 1.29 is 9.90 Å². The van der Waals surface area contributed by atoms with Crippen LogP contribution < -0.4 is 10.3 Å². The van der Waals surface area contributed by atoms with Gasteiger partial charge in [-0.15, -0.1) is 0 Å². The molecular formula is C21H17ClN4O3. The molecule has 0 saturated carbocycles. The highest BCUT2D eigenvalue weighted by atomic mass is 35.5. The van der Waals surface area contributed by atoms with Crippen LogP contribution in [0.1, 0.15) is 0 Å². The van der Waals surface area contributed by atoms with Gasteiger partial charge < -0.3 is 14.6 Å². The number of anilines is 1. The number of nitrogens with zero attached hydrogens (tertiary/aromatic N) is 4. The molecule has 4 rings (SSSR count). The van der Waals surface area contributed by atoms with Crippen LogP contribution in [0.3, 0.4) is 0 Å². The summed E-state index contributed by atoms with van der Waals surface area (Å²) < 4.78 is 1.63. The number of carbonyl (C=O) groups is 1. The summed E-state index contributed by atoms with van der Waals surface area (Å²) in [6, 6.07) is 10.4. The van der Waals surface area contributed by atoms with E-state index in [0.717, 1.165) is 11.1 Å². The van der Waals surface area contributed by atoms with E-state index >= 15 is 0 Å². The number of carboxylic acid groups (broad SMARTS) is 1. The lowest BCUT2D eigenvalue weighted by Crippen LogP contribution is -2.19. The van der Waals surface area contributed by atoms with Crippen LogP contribution in [0.2, 0.25) is 5.02 Å². The molecule has 0 saturated heterocycles. The second-order valence-corrected chi connectivity index (χ2v) is 7.27. The van der Waals surface area contributed by atoms with Crippen LogP contribution in [0.15, 0.2) is 53.6 Å². The van der Waals surface area contributed by atoms with Gasteiger partial charge in [0.15, 0.2) is 5.43 Å². The number of aliphatic carboxylic acids is 1. The molecule has 0 bridgehead atoms. The fourth-order valence-corrected chi connectivity index (χ4v) is 3.91. The van der Waals surface area contributed by atoms with Gasteiger partial charge in [0, 0.05) is 30.4 Å². The summed E-state index contributed by atoms with van der Waals surface area (Å²) in [6.45, 7) is -0.313. The predicted octanol–water partition coefficient (Wildman–Crippen LogP) is 3.42. The van der Waals surface area contributed by atoms with Gasteiger partial charge in [-0.05, 0) is 35.9 Å². The number of rotatable bonds is 4. The molecule has 4 aromatic rings. The molecule has 0 aliphatic heterocycles. The third-order valence-corrected chi connectivity index (χ3v) is 5.11. The van der Waals surface area contributed by atoms with Crippen molar-refractivity contribution in [3.8, 4) is 11.1 Å². The van der Waals surface area contributed by atoms with Crippen molar-refractivity contribution in [3.63, 3.8) is 0 Å². The Morgan fingerprint density at radius 3 is 2.52 bits per heavy atom. The van der Waals surface area contributed by atoms with Gasteiger partial charge in [0.25, 0.3) is 0 Å². The van der Waals surface area contributed by atoms with E-state index in [9.17, 15) is 14.7 Å². The van der Waals surface area contributed by atoms with Crippen LogP contribution in [0.4, 0.5) is 5.69 Å². The molecule has 29 heavy (non-hydrogen) atoms. The zero-order valence-corrected chi connectivity index (χ0v) is 16.5. The lowest BCUT2D eigenvalue weighted by Gasteiger charge is -2.22. The summed E-state index contributed by atoms with van der Waals surface area (Å²) in [5, 5.41) is 18.6. The highest BCUT2D eigenvalue weighted by Gasteiger charge is 2.19. The van der Waals surface area contributed by atoms with E-state index in [2.05, 4.69) is 10.2 Å². The second-order valence-electron chi connectivity index (χ2n) is 6.86. The molecule has 0 fully saturated rings. The second kappa shape index (κ2) is 7.18. The molecule has 2 aromatic heterocycles. The Hall–Kier alpha value is -3.45. The van der Waals surface area contributed by atoms with Gasteiger partial charge >= 0.3 is 5.97 Å². The SMILES string of the molecule is CN(C)c1c(Cl)ccc2c(=O)c3ccc(-c4ccnnc4)cc3n(CC(=O)O)c12. The first-order valence-corrected chi connectivity index (χ1v) is 9.21. The summed E-state index contributed by atoms with van der Waals surface area (Å²) >= 11 is 6.42. The minimum atomic E-state index is -1.02. The molecule has 0 aliphatic carbocycles. The zero-order chi connectivity index (χ0) is 20.7. The highest BCUT2D eigenvalue weighted by Crippen LogP contribution is 2.34. The van der Waals surface area contributed by atoms with Gasteiger partial charge in [0.05, 0.1) is 34.1 Å². The maximum absolute atomic E-state index is 13.2. The van der Waals surface area contributed by atoms with E-state index in [1.54, 1.807) is 66.3 Å². The molecule has 2 aromatic carbocycles. The number of pyridine rings is 1. The van der Waals surface area contributed by atoms with Crippen molar-refractivity contribution in [1.82, 2.24) is 14.8 Å². The number of fused-ring (bicyclic) bond motifs is 2. The lowest BCUT2D eigenvalue weighted by atomic mass is 10.0. The number of halogens is 1. The van der Waals surface area contributed by atoms with Crippen LogP contribution in [-0.2, 0) is 11.3 Å². The van der Waals surface area contributed by atoms with Gasteiger partial charge in [-0.1, -0.05) is 17.7 Å². The Balaban J connectivity index is 2.20. The molecule has 7 nitrogen and oxygen atoms in total. The topological polar surface area (TPSA) is 88.3 Å². The van der Waals surface area contributed by atoms with Gasteiger partial charge in [-0.25, -0.2) is 0 Å². The Morgan fingerprint density at radius 2 is 1.86 bits per heavy atom. The summed E-state index contributed by atoms with van der Waals surface area (Å²) in [5.74, 6) is -1.02. The highest BCUT2D eigenvalue weighted by molar-refractivity contribution is 6.35. The summed E-state index contributed by atoms with van der Waals surface area (Å²) in [7, 11) is 3.61. The van der Waals surface area contributed by atoms with Crippen LogP contribution >= 0.6 is 11.6 Å². The van der Waals surface area contributed by atoms with Crippen LogP contribution in [0.5, 0.6) is 0 Å². The van der Waals surface area contributed by atoms with Crippen LogP contribution in [-0.4, -0.2) is 39.9 Å². The number of hydrogen-bond acceptors (Lipinski definition) is 5. The maximum Gasteiger partial charge on any atom is 0.323 e. The predicted molar refractivity (Wildman–Crippen MR) is 114 cm³/mol. The molecular weight excluding hydrogens is 392 g/mol. The monoisotopic (exact) mass is 408 g/mol. The molecule has 146 valence electrons. The van der Waals surface area contributed by atoms with E-state index in [-0.39, 0.29) is 12.0 Å². The van der Waals surface area contributed by atoms with Gasteiger partial charge in [0.2, 0.25) is 0 Å². The quantitative estimate of drug-likeness (QED) is 0.520. The van der Waals surface area contributed by atoms with Gasteiger partial charge in [-0.3, -0.25) is 9.59 Å². The van der Waals surface area contributed by atoms with Crippen molar-refractivity contribution in [3.05, 3.63) is 64.0 Å². The summed E-state index contributed by atoms with van der Waals surface area (Å²) in [6.07, 6.45) is 3.19. The average Bonchev–Trinajstić information content (AvgIpc) is 2.70. The maximum atomic E-state index is 13.2. The van der Waals surface area contributed by atoms with E-state index in [1.807, 2.05) is 6.07 Å². The smallest absolute Gasteiger partial charge is 0.323 e. The number of carboxylic acids is 1. The Kier molecular flexibility index (Phi) is 4.68. The first-order valence-electron chi connectivity index (χ1n) is 8.83. The van der Waals surface area contributed by atoms with Crippen LogP contribution in [0, 0.1) is 0 Å². The first-order chi connectivity index (χ1) is 13.9. The van der Waals surface area contributed by atoms with Crippen molar-refractivity contribution in [2.24, 2.45) is 0 Å². The van der Waals surface area contributed by atoms with Crippen molar-refractivity contribution in [2.45, 2.75) is 6.54 Å². The first kappa shape index (κ1) is 18.9. The largest absolute Gasteiger partial charge is 0.480 e. The van der Waals surface area contributed by atoms with E-state index in [1.165, 1.54) is 0 Å². The Bertz CT molecular complexity index is 1320. The molecule has 0 amide bonds. The van der Waals surface area contributed by atoms with E-state index in [4.69, 9.17) is 11.6 Å². The third kappa shape index (κ3) is 3.19. The normalized spacial score (nSPS) is 11.1. The van der Waals surface area contributed by atoms with Gasteiger partial charge in [-0.2, -0.15) is 10.2 Å². The van der Waals surface area contributed by atoms with Crippen molar-refractivity contribution in [1.29, 1.82) is 0 Å². The van der Waals surface area contributed by atoms with E-state index < -0.39 is 5.97 Å². The van der Waals surface area contributed by atoms with E-state index in [0.29, 0.717) is 32.5 Å². The number of benzene rings is 2. The number of hydrogen-bond donors (Lipinski definition) is 1. The zero-order valence-electron chi connectivity index (χ0n) is 15.8. The fourth-order valence-electron chi connectivity index (χ4n) is 3.59. The number of aromatic nitrogens is 3. The summed E-state index contributed by atoms with van der Waals surface area (Å²) in [4.78, 5) is 26.7. The Morgan fingerprint density at radius 1 is 1.10 bits per heavy atom. The molecule has 0 radical (unpaired) electrons.